The molecule has 6 rings (SSSR count). The van der Waals surface area contributed by atoms with E-state index in [1.165, 1.54) is 17.0 Å². The van der Waals surface area contributed by atoms with Crippen LogP contribution in [0.3, 0.4) is 0 Å². The number of rotatable bonds is 3. The van der Waals surface area contributed by atoms with Crippen LogP contribution >= 0.6 is 0 Å². The van der Waals surface area contributed by atoms with Crippen molar-refractivity contribution in [3.8, 4) is 6.07 Å². The van der Waals surface area contributed by atoms with Gasteiger partial charge < -0.3 is 15.4 Å². The fraction of sp³-hybridized carbons (Fsp3) is 0.138. The van der Waals surface area contributed by atoms with Crippen LogP contribution in [0, 0.1) is 24.1 Å². The number of esters is 1. The van der Waals surface area contributed by atoms with Crippen molar-refractivity contribution in [3.63, 3.8) is 0 Å². The third-order valence-electron chi connectivity index (χ3n) is 7.12. The summed E-state index contributed by atoms with van der Waals surface area (Å²) >= 11 is 0. The molecule has 3 aliphatic rings. The number of benzene rings is 3. The lowest BCUT2D eigenvalue weighted by Gasteiger charge is -2.38. The molecule has 3 aliphatic heterocycles. The Labute approximate surface area is 212 Å². The molecular formula is C29H21FN4O3. The number of hydrogen-bond acceptors (Lipinski definition) is 6. The lowest BCUT2D eigenvalue weighted by Crippen LogP contribution is -2.50. The number of nitriles is 1. The lowest BCUT2D eigenvalue weighted by atomic mass is 9.67. The first-order valence-corrected chi connectivity index (χ1v) is 11.7. The Balaban J connectivity index is 1.61. The summed E-state index contributed by atoms with van der Waals surface area (Å²) in [6.07, 6.45) is 0. The summed E-state index contributed by atoms with van der Waals surface area (Å²) in [5.74, 6) is -1.55. The molecule has 0 fully saturated rings. The number of nitrogens with zero attached hydrogens (tertiary/aromatic N) is 3. The molecule has 182 valence electrons. The molecule has 0 aromatic heterocycles. The first kappa shape index (κ1) is 22.6. The maximum absolute atomic E-state index is 14.5. The van der Waals surface area contributed by atoms with E-state index in [0.29, 0.717) is 28.2 Å². The van der Waals surface area contributed by atoms with E-state index < -0.39 is 23.1 Å². The molecule has 0 radical (unpaired) electrons. The fourth-order valence-corrected chi connectivity index (χ4v) is 5.63. The second-order valence-corrected chi connectivity index (χ2v) is 9.23. The van der Waals surface area contributed by atoms with Crippen molar-refractivity contribution >= 4 is 23.3 Å². The minimum Gasteiger partial charge on any atom is -0.456 e. The van der Waals surface area contributed by atoms with E-state index in [9.17, 15) is 19.2 Å². The summed E-state index contributed by atoms with van der Waals surface area (Å²) < 4.78 is 19.4. The van der Waals surface area contributed by atoms with Gasteiger partial charge in [-0.15, -0.1) is 0 Å². The summed E-state index contributed by atoms with van der Waals surface area (Å²) in [5, 5.41) is 10.5. The average Bonchev–Trinajstić information content (AvgIpc) is 3.37. The molecule has 3 aromatic carbocycles. The van der Waals surface area contributed by atoms with Crippen LogP contribution in [0.1, 0.15) is 16.7 Å². The van der Waals surface area contributed by atoms with Gasteiger partial charge in [0.25, 0.3) is 0 Å². The van der Waals surface area contributed by atoms with Crippen molar-refractivity contribution in [1.82, 2.24) is 0 Å². The van der Waals surface area contributed by atoms with Crippen LogP contribution in [0.2, 0.25) is 0 Å². The van der Waals surface area contributed by atoms with Gasteiger partial charge in [0.15, 0.2) is 0 Å². The number of ether oxygens (including phenoxy) is 1. The van der Waals surface area contributed by atoms with Crippen molar-refractivity contribution in [2.45, 2.75) is 18.9 Å². The fourth-order valence-electron chi connectivity index (χ4n) is 5.63. The van der Waals surface area contributed by atoms with E-state index in [1.807, 2.05) is 31.2 Å². The number of carbonyl (C=O) groups excluding carboxylic acids is 2. The zero-order valence-corrected chi connectivity index (χ0v) is 19.9. The normalized spacial score (nSPS) is 20.4. The first-order valence-electron chi connectivity index (χ1n) is 11.7. The number of carbonyl (C=O) groups is 2. The minimum absolute atomic E-state index is 0.0488. The summed E-state index contributed by atoms with van der Waals surface area (Å²) in [5.41, 5.74) is 8.51. The van der Waals surface area contributed by atoms with Gasteiger partial charge in [-0.1, -0.05) is 42.5 Å². The molecule has 0 bridgehead atoms. The Hall–Kier alpha value is -4.90. The molecule has 2 N–H and O–H groups in total. The van der Waals surface area contributed by atoms with Crippen LogP contribution in [0.25, 0.3) is 0 Å². The quantitative estimate of drug-likeness (QED) is 0.556. The molecule has 8 heteroatoms. The number of para-hydroxylation sites is 1. The van der Waals surface area contributed by atoms with Crippen molar-refractivity contribution < 1.29 is 18.7 Å². The zero-order valence-electron chi connectivity index (χ0n) is 19.9. The largest absolute Gasteiger partial charge is 0.456 e. The molecule has 0 saturated carbocycles. The number of halogens is 1. The summed E-state index contributed by atoms with van der Waals surface area (Å²) in [6, 6.07) is 22.6. The number of aryl methyl sites for hydroxylation is 1. The van der Waals surface area contributed by atoms with Gasteiger partial charge in [-0.25, -0.2) is 9.18 Å². The standard InChI is InChI=1S/C29H21FN4O3/c1-17-6-4-9-20(12-17)34-24-16-37-27(35)25(24)29(22(14-31)26(34)32)21-10-2-3-11-23(21)33(28(29)36)15-18-7-5-8-19(30)13-18/h2-13H,15-16,32H2,1H3/t29-/m0/s1. The third-order valence-corrected chi connectivity index (χ3v) is 7.12. The molecule has 1 atom stereocenters. The van der Waals surface area contributed by atoms with Crippen LogP contribution in [0.15, 0.2) is 95.5 Å². The molecule has 1 spiro atoms. The van der Waals surface area contributed by atoms with E-state index >= 15 is 0 Å². The molecule has 1 amide bonds. The Morgan fingerprint density at radius 3 is 2.62 bits per heavy atom. The zero-order chi connectivity index (χ0) is 25.9. The SMILES string of the molecule is Cc1cccc(N2C(N)=C(C#N)[C@]3(C(=O)N(Cc4cccc(F)c4)c4ccccc43)C3=C2COC3=O)c1. The van der Waals surface area contributed by atoms with Gasteiger partial charge in [0, 0.05) is 16.9 Å². The molecular weight excluding hydrogens is 471 g/mol. The number of hydrogen-bond donors (Lipinski definition) is 1. The Morgan fingerprint density at radius 2 is 1.86 bits per heavy atom. The molecule has 3 aromatic rings. The number of anilines is 2. The summed E-state index contributed by atoms with van der Waals surface area (Å²) in [7, 11) is 0. The molecule has 0 saturated heterocycles. The molecule has 0 aliphatic carbocycles. The van der Waals surface area contributed by atoms with Crippen molar-refractivity contribution in [2.75, 3.05) is 16.4 Å². The predicted molar refractivity (Wildman–Crippen MR) is 134 cm³/mol. The summed E-state index contributed by atoms with van der Waals surface area (Å²) in [6.45, 7) is 1.88. The monoisotopic (exact) mass is 492 g/mol. The molecule has 7 nitrogen and oxygen atoms in total. The lowest BCUT2D eigenvalue weighted by molar-refractivity contribution is -0.137. The van der Waals surface area contributed by atoms with E-state index in [4.69, 9.17) is 10.5 Å². The summed E-state index contributed by atoms with van der Waals surface area (Å²) in [4.78, 5) is 30.9. The second-order valence-electron chi connectivity index (χ2n) is 9.23. The van der Waals surface area contributed by atoms with Crippen LogP contribution in [-0.4, -0.2) is 18.5 Å². The van der Waals surface area contributed by atoms with Gasteiger partial charge in [0.05, 0.1) is 23.4 Å². The number of cyclic esters (lactones) is 1. The smallest absolute Gasteiger partial charge is 0.338 e. The highest BCUT2D eigenvalue weighted by Gasteiger charge is 2.63. The topological polar surface area (TPSA) is 99.7 Å². The van der Waals surface area contributed by atoms with Gasteiger partial charge in [-0.2, -0.15) is 5.26 Å². The highest BCUT2D eigenvalue weighted by molar-refractivity contribution is 6.19. The predicted octanol–water partition coefficient (Wildman–Crippen LogP) is 3.94. The van der Waals surface area contributed by atoms with Crippen LogP contribution in [0.5, 0.6) is 0 Å². The van der Waals surface area contributed by atoms with Crippen LogP contribution < -0.4 is 15.5 Å². The second kappa shape index (κ2) is 8.07. The van der Waals surface area contributed by atoms with Crippen molar-refractivity contribution in [2.24, 2.45) is 5.73 Å². The van der Waals surface area contributed by atoms with Gasteiger partial charge in [0.2, 0.25) is 5.91 Å². The molecule has 37 heavy (non-hydrogen) atoms. The average molecular weight is 493 g/mol. The van der Waals surface area contributed by atoms with Crippen molar-refractivity contribution in [1.29, 1.82) is 5.26 Å². The highest BCUT2D eigenvalue weighted by Crippen LogP contribution is 2.56. The Morgan fingerprint density at radius 1 is 1.08 bits per heavy atom. The number of nitrogens with two attached hydrogens (primary N) is 1. The maximum atomic E-state index is 14.5. The Kier molecular flexibility index (Phi) is 4.92. The van der Waals surface area contributed by atoms with Crippen molar-refractivity contribution in [3.05, 3.63) is 118 Å². The number of amides is 1. The van der Waals surface area contributed by atoms with E-state index in [0.717, 1.165) is 5.56 Å². The molecule has 3 heterocycles. The van der Waals surface area contributed by atoms with Gasteiger partial charge in [-0.05, 0) is 48.4 Å². The number of fused-ring (bicyclic) bond motifs is 3. The van der Waals surface area contributed by atoms with Gasteiger partial charge in [0.1, 0.15) is 29.7 Å². The van der Waals surface area contributed by atoms with E-state index in [-0.39, 0.29) is 30.1 Å². The molecule has 0 unspecified atom stereocenters. The third kappa shape index (κ3) is 3.04. The maximum Gasteiger partial charge on any atom is 0.338 e. The van der Waals surface area contributed by atoms with E-state index in [1.54, 1.807) is 41.3 Å². The van der Waals surface area contributed by atoms with Gasteiger partial charge in [-0.3, -0.25) is 9.69 Å². The highest BCUT2D eigenvalue weighted by atomic mass is 19.1. The Bertz CT molecular complexity index is 1620. The minimum atomic E-state index is -1.77. The van der Waals surface area contributed by atoms with Crippen LogP contribution in [-0.2, 0) is 26.3 Å². The van der Waals surface area contributed by atoms with Crippen LogP contribution in [0.4, 0.5) is 15.8 Å². The first-order chi connectivity index (χ1) is 17.9. The van der Waals surface area contributed by atoms with Gasteiger partial charge >= 0.3 is 5.97 Å². The van der Waals surface area contributed by atoms with E-state index in [2.05, 4.69) is 6.07 Å².